The van der Waals surface area contributed by atoms with Crippen LogP contribution in [0.25, 0.3) is 0 Å². The number of carboxylic acids is 1. The van der Waals surface area contributed by atoms with E-state index in [1.807, 2.05) is 6.92 Å². The van der Waals surface area contributed by atoms with Crippen molar-refractivity contribution in [3.63, 3.8) is 0 Å². The number of aryl methyl sites for hydroxylation is 1. The molecule has 2 aliphatic rings. The maximum Gasteiger partial charge on any atom is 0.324 e. The smallest absolute Gasteiger partial charge is 0.324 e. The number of hydrogen-bond donors (Lipinski definition) is 0. The number of esters is 1. The number of Topliss-reactive ketones (excluding diaryl/α,β-unsaturated/α-hetero) is 1. The Morgan fingerprint density at radius 1 is 1.12 bits per heavy atom. The molecule has 0 amide bonds. The van der Waals surface area contributed by atoms with Crippen LogP contribution in [-0.2, 0) is 9.59 Å². The zero-order valence-electron chi connectivity index (χ0n) is 14.4. The van der Waals surface area contributed by atoms with Crippen LogP contribution in [0.2, 0.25) is 0 Å². The molecule has 4 rings (SSSR count). The summed E-state index contributed by atoms with van der Waals surface area (Å²) in [5.41, 5.74) is -1.43. The van der Waals surface area contributed by atoms with Crippen LogP contribution in [0.15, 0.2) is 48.5 Å². The Morgan fingerprint density at radius 3 is 2.38 bits per heavy atom. The molecule has 132 valence electrons. The van der Waals surface area contributed by atoms with Gasteiger partial charge in [-0.15, -0.1) is 0 Å². The second-order valence-corrected chi connectivity index (χ2v) is 6.98. The van der Waals surface area contributed by atoms with E-state index in [0.717, 1.165) is 5.56 Å². The quantitative estimate of drug-likeness (QED) is 0.365. The average Bonchev–Trinajstić information content (AvgIpc) is 3.29. The molecule has 26 heavy (non-hydrogen) atoms. The normalized spacial score (nSPS) is 28.5. The van der Waals surface area contributed by atoms with Gasteiger partial charge in [0.25, 0.3) is 0 Å². The summed E-state index contributed by atoms with van der Waals surface area (Å²) in [4.78, 5) is 38.3. The number of aliphatic carboxylic acids is 1. The summed E-state index contributed by atoms with van der Waals surface area (Å²) < 4.78 is 5.30. The van der Waals surface area contributed by atoms with E-state index in [4.69, 9.17) is 4.74 Å². The second-order valence-electron chi connectivity index (χ2n) is 6.98. The van der Waals surface area contributed by atoms with E-state index in [2.05, 4.69) is 0 Å². The lowest BCUT2D eigenvalue weighted by Crippen LogP contribution is -2.47. The molecule has 1 aliphatic carbocycles. The third kappa shape index (κ3) is 1.72. The Kier molecular flexibility index (Phi) is 3.35. The molecule has 5 nitrogen and oxygen atoms in total. The van der Waals surface area contributed by atoms with Gasteiger partial charge in [-0.25, -0.2) is 0 Å². The lowest BCUT2D eigenvalue weighted by atomic mass is 9.83. The van der Waals surface area contributed by atoms with Gasteiger partial charge in [-0.05, 0) is 19.4 Å². The minimum atomic E-state index is -1.97. The van der Waals surface area contributed by atoms with E-state index in [9.17, 15) is 19.5 Å². The Balaban J connectivity index is 1.93. The first-order valence-corrected chi connectivity index (χ1v) is 8.55. The van der Waals surface area contributed by atoms with Gasteiger partial charge < -0.3 is 14.6 Å². The van der Waals surface area contributed by atoms with Crippen molar-refractivity contribution in [3.8, 4) is 5.75 Å². The number of ketones is 1. The van der Waals surface area contributed by atoms with Crippen molar-refractivity contribution in [2.24, 2.45) is 10.8 Å². The highest BCUT2D eigenvalue weighted by Gasteiger charge is 2.86. The van der Waals surface area contributed by atoms with Crippen LogP contribution >= 0.6 is 0 Å². The van der Waals surface area contributed by atoms with Crippen LogP contribution in [0.5, 0.6) is 5.75 Å². The maximum atomic E-state index is 13.4. The average molecular weight is 349 g/mol. The molecular weight excluding hydrogens is 332 g/mol. The third-order valence-electron chi connectivity index (χ3n) is 5.90. The summed E-state index contributed by atoms with van der Waals surface area (Å²) in [5, 5.41) is 12.1. The number of ether oxygens (including phenoxy) is 1. The van der Waals surface area contributed by atoms with Crippen molar-refractivity contribution in [1.82, 2.24) is 0 Å². The van der Waals surface area contributed by atoms with Crippen LogP contribution in [0.3, 0.4) is 0 Å². The van der Waals surface area contributed by atoms with E-state index in [-0.39, 0.29) is 12.2 Å². The molecule has 0 bridgehead atoms. The fraction of sp³-hybridized carbons (Fsp3) is 0.286. The van der Waals surface area contributed by atoms with Gasteiger partial charge in [0.1, 0.15) is 11.2 Å². The number of carbonyl (C=O) groups excluding carboxylic acids is 3. The number of benzene rings is 2. The summed E-state index contributed by atoms with van der Waals surface area (Å²) in [7, 11) is 0. The molecule has 1 fully saturated rings. The van der Waals surface area contributed by atoms with Crippen LogP contribution in [0, 0.1) is 17.8 Å². The Morgan fingerprint density at radius 2 is 1.77 bits per heavy atom. The SMILES string of the molecule is CC[C@]1(C(=O)c2ccc(C)cc2)[C@@H]2c3ccccc3OC(=O)[C@@]21C(=O)[O-]. The van der Waals surface area contributed by atoms with Crippen LogP contribution < -0.4 is 9.84 Å². The molecule has 1 saturated carbocycles. The Bertz CT molecular complexity index is 945. The number of rotatable bonds is 4. The number of hydrogen-bond acceptors (Lipinski definition) is 5. The lowest BCUT2D eigenvalue weighted by molar-refractivity contribution is -0.314. The first kappa shape index (κ1) is 16.5. The summed E-state index contributed by atoms with van der Waals surface area (Å²) in [6, 6.07) is 13.7. The number of carboxylic acid groups (broad SMARTS) is 1. The topological polar surface area (TPSA) is 83.5 Å². The van der Waals surface area contributed by atoms with Gasteiger partial charge in [0.05, 0.1) is 11.4 Å². The van der Waals surface area contributed by atoms with Crippen LogP contribution in [-0.4, -0.2) is 17.7 Å². The minimum absolute atomic E-state index is 0.196. The molecule has 1 heterocycles. The van der Waals surface area contributed by atoms with Gasteiger partial charge in [-0.1, -0.05) is 55.0 Å². The molecule has 0 N–H and O–H groups in total. The highest BCUT2D eigenvalue weighted by atomic mass is 16.5. The van der Waals surface area contributed by atoms with Crippen molar-refractivity contribution >= 4 is 17.7 Å². The zero-order chi connectivity index (χ0) is 18.7. The predicted molar refractivity (Wildman–Crippen MR) is 90.5 cm³/mol. The summed E-state index contributed by atoms with van der Waals surface area (Å²) in [6.07, 6.45) is 0.196. The van der Waals surface area contributed by atoms with Crippen molar-refractivity contribution < 1.29 is 24.2 Å². The van der Waals surface area contributed by atoms with Crippen LogP contribution in [0.1, 0.15) is 40.7 Å². The lowest BCUT2D eigenvalue weighted by Gasteiger charge is -2.25. The molecule has 2 aromatic carbocycles. The highest BCUT2D eigenvalue weighted by Crippen LogP contribution is 2.79. The van der Waals surface area contributed by atoms with E-state index in [0.29, 0.717) is 16.9 Å². The zero-order valence-corrected chi connectivity index (χ0v) is 14.4. The molecule has 0 spiro atoms. The van der Waals surface area contributed by atoms with Crippen molar-refractivity contribution in [3.05, 3.63) is 65.2 Å². The number of para-hydroxylation sites is 1. The van der Waals surface area contributed by atoms with E-state index >= 15 is 0 Å². The van der Waals surface area contributed by atoms with Crippen molar-refractivity contribution in [2.75, 3.05) is 0 Å². The highest BCUT2D eigenvalue weighted by molar-refractivity contribution is 6.19. The number of fused-ring (bicyclic) bond motifs is 3. The first-order valence-electron chi connectivity index (χ1n) is 8.55. The third-order valence-corrected chi connectivity index (χ3v) is 5.90. The fourth-order valence-electron chi connectivity index (χ4n) is 4.62. The van der Waals surface area contributed by atoms with Gasteiger partial charge in [-0.3, -0.25) is 9.59 Å². The first-order chi connectivity index (χ1) is 12.4. The van der Waals surface area contributed by atoms with E-state index in [1.54, 1.807) is 55.5 Å². The van der Waals surface area contributed by atoms with Crippen molar-refractivity contribution in [2.45, 2.75) is 26.2 Å². The van der Waals surface area contributed by atoms with Gasteiger partial charge in [-0.2, -0.15) is 0 Å². The standard InChI is InChI=1S/C21H18O5/c1-3-20(17(22)13-10-8-12(2)9-11-13)16-14-6-4-5-7-15(14)26-19(25)21(16,20)18(23)24/h4-11,16H,3H2,1-2H3,(H,23,24)/p-1/t16-,20+,21-/m0/s1. The predicted octanol–water partition coefficient (Wildman–Crippen LogP) is 2.03. The summed E-state index contributed by atoms with van der Waals surface area (Å²) in [5.74, 6) is -3.29. The largest absolute Gasteiger partial charge is 0.549 e. The monoisotopic (exact) mass is 349 g/mol. The molecule has 3 atom stereocenters. The molecule has 0 radical (unpaired) electrons. The van der Waals surface area contributed by atoms with Crippen LogP contribution in [0.4, 0.5) is 0 Å². The van der Waals surface area contributed by atoms with Gasteiger partial charge >= 0.3 is 5.97 Å². The Labute approximate surface area is 150 Å². The molecule has 5 heteroatoms. The molecule has 2 aromatic rings. The molecule has 1 aliphatic heterocycles. The fourth-order valence-corrected chi connectivity index (χ4v) is 4.62. The van der Waals surface area contributed by atoms with Gasteiger partial charge in [0.15, 0.2) is 5.78 Å². The minimum Gasteiger partial charge on any atom is -0.549 e. The summed E-state index contributed by atoms with van der Waals surface area (Å²) >= 11 is 0. The Hall–Kier alpha value is -2.95. The van der Waals surface area contributed by atoms with E-state index < -0.39 is 28.7 Å². The maximum absolute atomic E-state index is 13.4. The van der Waals surface area contributed by atoms with E-state index in [1.165, 1.54) is 0 Å². The summed E-state index contributed by atoms with van der Waals surface area (Å²) in [6.45, 7) is 3.63. The molecule has 0 aromatic heterocycles. The number of carbonyl (C=O) groups is 3. The molecule has 0 unspecified atom stereocenters. The molecule has 0 saturated heterocycles. The second kappa shape index (κ2) is 5.27. The van der Waals surface area contributed by atoms with Gasteiger partial charge in [0.2, 0.25) is 0 Å². The van der Waals surface area contributed by atoms with Gasteiger partial charge in [0, 0.05) is 17.0 Å². The van der Waals surface area contributed by atoms with Crippen molar-refractivity contribution in [1.29, 1.82) is 0 Å². The molecular formula is C21H17O5-.